The van der Waals surface area contributed by atoms with Gasteiger partial charge < -0.3 is 10.6 Å². The molecule has 2 aliphatic heterocycles. The maximum Gasteiger partial charge on any atom is 0.319 e. The van der Waals surface area contributed by atoms with Gasteiger partial charge in [-0.15, -0.1) is 0 Å². The molecular weight excluding hydrogens is 293 g/mol. The number of nitrogens with zero attached hydrogens (tertiary/aromatic N) is 1. The van der Waals surface area contributed by atoms with Crippen LogP contribution in [0.2, 0.25) is 0 Å². The summed E-state index contributed by atoms with van der Waals surface area (Å²) < 4.78 is 12.9. The number of piperidine rings is 2. The van der Waals surface area contributed by atoms with Gasteiger partial charge in [0.15, 0.2) is 0 Å². The maximum atomic E-state index is 12.9. The lowest BCUT2D eigenvalue weighted by atomic mass is 9.81. The number of halogens is 1. The molecule has 2 N–H and O–H groups in total. The Morgan fingerprint density at radius 1 is 1.00 bits per heavy atom. The van der Waals surface area contributed by atoms with E-state index in [1.807, 2.05) is 0 Å². The molecule has 4 nitrogen and oxygen atoms in total. The van der Waals surface area contributed by atoms with Crippen molar-refractivity contribution in [1.82, 2.24) is 10.2 Å². The average Bonchev–Trinajstić information content (AvgIpc) is 3.33. The van der Waals surface area contributed by atoms with Crippen molar-refractivity contribution in [1.29, 1.82) is 0 Å². The fourth-order valence-corrected chi connectivity index (χ4v) is 4.39. The lowest BCUT2D eigenvalue weighted by Gasteiger charge is -2.49. The summed E-state index contributed by atoms with van der Waals surface area (Å²) in [6, 6.07) is 8.05. The van der Waals surface area contributed by atoms with Gasteiger partial charge in [0.05, 0.1) is 0 Å². The van der Waals surface area contributed by atoms with Crippen LogP contribution in [-0.4, -0.2) is 35.1 Å². The summed E-state index contributed by atoms with van der Waals surface area (Å²) in [6.07, 6.45) is 8.70. The molecule has 1 aromatic carbocycles. The number of carbonyl (C=O) groups is 1. The van der Waals surface area contributed by atoms with Crippen molar-refractivity contribution < 1.29 is 9.18 Å². The van der Waals surface area contributed by atoms with Crippen molar-refractivity contribution in [3.05, 3.63) is 30.1 Å². The molecule has 0 unspecified atom stereocenters. The number of anilines is 1. The second-order valence-corrected chi connectivity index (χ2v) is 7.19. The highest BCUT2D eigenvalue weighted by molar-refractivity contribution is 5.89. The second-order valence-electron chi connectivity index (χ2n) is 7.19. The van der Waals surface area contributed by atoms with Crippen molar-refractivity contribution in [2.24, 2.45) is 0 Å². The monoisotopic (exact) mass is 317 g/mol. The van der Waals surface area contributed by atoms with Gasteiger partial charge >= 0.3 is 6.03 Å². The van der Waals surface area contributed by atoms with Gasteiger partial charge in [0, 0.05) is 29.9 Å². The summed E-state index contributed by atoms with van der Waals surface area (Å²) in [6.45, 7) is 0. The molecule has 2 atom stereocenters. The summed E-state index contributed by atoms with van der Waals surface area (Å²) in [7, 11) is 0. The topological polar surface area (TPSA) is 44.4 Å². The van der Waals surface area contributed by atoms with E-state index in [4.69, 9.17) is 0 Å². The first-order valence-corrected chi connectivity index (χ1v) is 8.79. The number of amides is 2. The highest BCUT2D eigenvalue weighted by atomic mass is 19.1. The van der Waals surface area contributed by atoms with Crippen LogP contribution in [0.15, 0.2) is 24.3 Å². The van der Waals surface area contributed by atoms with Crippen LogP contribution in [-0.2, 0) is 0 Å². The minimum absolute atomic E-state index is 0.181. The zero-order chi connectivity index (χ0) is 15.8. The largest absolute Gasteiger partial charge is 0.335 e. The van der Waals surface area contributed by atoms with Crippen molar-refractivity contribution in [3.63, 3.8) is 0 Å². The van der Waals surface area contributed by atoms with Crippen LogP contribution in [0.25, 0.3) is 0 Å². The maximum absolute atomic E-state index is 12.9. The molecule has 23 heavy (non-hydrogen) atoms. The van der Waals surface area contributed by atoms with Crippen LogP contribution in [0.3, 0.4) is 0 Å². The molecule has 0 radical (unpaired) electrons. The first-order valence-electron chi connectivity index (χ1n) is 8.79. The highest BCUT2D eigenvalue weighted by Gasteiger charge is 2.45. The molecule has 0 aromatic heterocycles. The third-order valence-corrected chi connectivity index (χ3v) is 5.44. The van der Waals surface area contributed by atoms with Gasteiger partial charge in [-0.1, -0.05) is 6.42 Å². The fourth-order valence-electron chi connectivity index (χ4n) is 4.39. The smallest absolute Gasteiger partial charge is 0.319 e. The Morgan fingerprint density at radius 2 is 1.65 bits per heavy atom. The Bertz CT molecular complexity index is 558. The molecule has 1 aromatic rings. The Hall–Kier alpha value is -1.62. The summed E-state index contributed by atoms with van der Waals surface area (Å²) >= 11 is 0. The van der Waals surface area contributed by atoms with Gasteiger partial charge in [-0.3, -0.25) is 4.90 Å². The number of rotatable bonds is 3. The zero-order valence-corrected chi connectivity index (χ0v) is 13.3. The molecular formula is C18H24FN3O. The van der Waals surface area contributed by atoms with Gasteiger partial charge in [0.2, 0.25) is 0 Å². The molecule has 5 heteroatoms. The Balaban J connectivity index is 1.34. The Labute approximate surface area is 136 Å². The number of nitrogens with one attached hydrogen (secondary N) is 2. The van der Waals surface area contributed by atoms with E-state index in [9.17, 15) is 9.18 Å². The summed E-state index contributed by atoms with van der Waals surface area (Å²) in [5.41, 5.74) is 0.625. The van der Waals surface area contributed by atoms with Gasteiger partial charge in [-0.25, -0.2) is 9.18 Å². The SMILES string of the molecule is O=C(Nc1ccc(F)cc1)NC1C[C@H]2CCC[C@H](C1)N2C1CC1. The lowest BCUT2D eigenvalue weighted by Crippen LogP contribution is -2.58. The molecule has 3 fully saturated rings. The molecule has 1 aliphatic carbocycles. The number of hydrogen-bond donors (Lipinski definition) is 2. The average molecular weight is 317 g/mol. The summed E-state index contributed by atoms with van der Waals surface area (Å²) in [5.74, 6) is -0.295. The first-order chi connectivity index (χ1) is 11.2. The minimum atomic E-state index is -0.295. The van der Waals surface area contributed by atoms with E-state index < -0.39 is 0 Å². The number of urea groups is 1. The van der Waals surface area contributed by atoms with E-state index in [0.29, 0.717) is 17.8 Å². The third kappa shape index (κ3) is 3.34. The molecule has 1 saturated carbocycles. The summed E-state index contributed by atoms with van der Waals surface area (Å²) in [4.78, 5) is 14.9. The molecule has 124 valence electrons. The van der Waals surface area contributed by atoms with Gasteiger partial charge in [-0.05, 0) is 62.8 Å². The van der Waals surface area contributed by atoms with E-state index >= 15 is 0 Å². The predicted octanol–water partition coefficient (Wildman–Crippen LogP) is 3.50. The van der Waals surface area contributed by atoms with Gasteiger partial charge in [-0.2, -0.15) is 0 Å². The van der Waals surface area contributed by atoms with Crippen molar-refractivity contribution >= 4 is 11.7 Å². The molecule has 2 saturated heterocycles. The molecule has 0 spiro atoms. The first kappa shape index (κ1) is 14.9. The van der Waals surface area contributed by atoms with Crippen LogP contribution in [0.5, 0.6) is 0 Å². The second kappa shape index (κ2) is 6.11. The standard InChI is InChI=1S/C18H24FN3O/c19-12-4-6-13(7-5-12)20-18(23)21-14-10-16-2-1-3-17(11-14)22(16)15-8-9-15/h4-7,14-17H,1-3,8-11H2,(H2,20,21,23)/t16-,17-/m1/s1. The highest BCUT2D eigenvalue weighted by Crippen LogP contribution is 2.41. The van der Waals surface area contributed by atoms with Crippen LogP contribution in [0.1, 0.15) is 44.9 Å². The van der Waals surface area contributed by atoms with Crippen LogP contribution in [0, 0.1) is 5.82 Å². The van der Waals surface area contributed by atoms with E-state index in [0.717, 1.165) is 18.9 Å². The molecule has 2 amide bonds. The van der Waals surface area contributed by atoms with E-state index in [1.165, 1.54) is 44.2 Å². The van der Waals surface area contributed by atoms with Crippen molar-refractivity contribution in [2.75, 3.05) is 5.32 Å². The van der Waals surface area contributed by atoms with Crippen LogP contribution < -0.4 is 10.6 Å². The molecule has 2 heterocycles. The van der Waals surface area contributed by atoms with Gasteiger partial charge in [0.1, 0.15) is 5.82 Å². The van der Waals surface area contributed by atoms with E-state index in [1.54, 1.807) is 12.1 Å². The molecule has 4 rings (SSSR count). The summed E-state index contributed by atoms with van der Waals surface area (Å²) in [5, 5.41) is 5.92. The normalized spacial score (nSPS) is 30.7. The van der Waals surface area contributed by atoms with Gasteiger partial charge in [0.25, 0.3) is 0 Å². The third-order valence-electron chi connectivity index (χ3n) is 5.44. The van der Waals surface area contributed by atoms with E-state index in [-0.39, 0.29) is 17.9 Å². The molecule has 2 bridgehead atoms. The number of hydrogen-bond acceptors (Lipinski definition) is 2. The minimum Gasteiger partial charge on any atom is -0.335 e. The van der Waals surface area contributed by atoms with Crippen LogP contribution in [0.4, 0.5) is 14.9 Å². The number of carbonyl (C=O) groups excluding carboxylic acids is 1. The van der Waals surface area contributed by atoms with Crippen LogP contribution >= 0.6 is 0 Å². The predicted molar refractivity (Wildman–Crippen MR) is 87.9 cm³/mol. The number of fused-ring (bicyclic) bond motifs is 2. The fraction of sp³-hybridized carbons (Fsp3) is 0.611. The Morgan fingerprint density at radius 3 is 2.26 bits per heavy atom. The quantitative estimate of drug-likeness (QED) is 0.896. The number of benzene rings is 1. The lowest BCUT2D eigenvalue weighted by molar-refractivity contribution is 0.0198. The van der Waals surface area contributed by atoms with E-state index in [2.05, 4.69) is 15.5 Å². The Kier molecular flexibility index (Phi) is 3.97. The van der Waals surface area contributed by atoms with Crippen molar-refractivity contribution in [2.45, 2.75) is 69.1 Å². The van der Waals surface area contributed by atoms with Crippen molar-refractivity contribution in [3.8, 4) is 0 Å². The molecule has 3 aliphatic rings. The zero-order valence-electron chi connectivity index (χ0n) is 13.3.